The van der Waals surface area contributed by atoms with Crippen LogP contribution in [0.15, 0.2) is 18.2 Å². The van der Waals surface area contributed by atoms with Crippen molar-refractivity contribution >= 4 is 23.4 Å². The van der Waals surface area contributed by atoms with Gasteiger partial charge in [-0.1, -0.05) is 6.07 Å². The molecule has 4 heteroatoms. The minimum Gasteiger partial charge on any atom is -0.478 e. The number of carboxylic acid groups (broad SMARTS) is 1. The van der Waals surface area contributed by atoms with Crippen LogP contribution < -0.4 is 5.32 Å². The van der Waals surface area contributed by atoms with Crippen LogP contribution >= 0.6 is 11.8 Å². The summed E-state index contributed by atoms with van der Waals surface area (Å²) in [6.45, 7) is 2.73. The predicted molar refractivity (Wildman–Crippen MR) is 74.2 cm³/mol. The number of hydrogen-bond acceptors (Lipinski definition) is 3. The molecule has 0 radical (unpaired) electrons. The third-order valence-electron chi connectivity index (χ3n) is 2.65. The summed E-state index contributed by atoms with van der Waals surface area (Å²) in [4.78, 5) is 11.0. The summed E-state index contributed by atoms with van der Waals surface area (Å²) < 4.78 is 0. The number of anilines is 1. The fourth-order valence-electron chi connectivity index (χ4n) is 1.65. The highest BCUT2D eigenvalue weighted by molar-refractivity contribution is 7.98. The van der Waals surface area contributed by atoms with E-state index in [0.29, 0.717) is 5.56 Å². The van der Waals surface area contributed by atoms with Crippen LogP contribution in [0.1, 0.15) is 28.8 Å². The molecule has 0 spiro atoms. The molecule has 0 heterocycles. The van der Waals surface area contributed by atoms with Gasteiger partial charge in [-0.15, -0.1) is 0 Å². The zero-order valence-electron chi connectivity index (χ0n) is 10.3. The maximum atomic E-state index is 11.0. The van der Waals surface area contributed by atoms with E-state index in [1.165, 1.54) is 12.2 Å². The Hall–Kier alpha value is -1.16. The van der Waals surface area contributed by atoms with Crippen molar-refractivity contribution in [1.29, 1.82) is 0 Å². The Balaban J connectivity index is 2.54. The van der Waals surface area contributed by atoms with Crippen LogP contribution in [0.25, 0.3) is 0 Å². The van der Waals surface area contributed by atoms with Crippen molar-refractivity contribution in [3.63, 3.8) is 0 Å². The van der Waals surface area contributed by atoms with E-state index < -0.39 is 5.97 Å². The highest BCUT2D eigenvalue weighted by Gasteiger charge is 2.09. The molecule has 0 atom stereocenters. The van der Waals surface area contributed by atoms with E-state index in [4.69, 9.17) is 5.11 Å². The number of carbonyl (C=O) groups is 1. The van der Waals surface area contributed by atoms with Crippen molar-refractivity contribution in [2.45, 2.75) is 19.8 Å². The van der Waals surface area contributed by atoms with Crippen LogP contribution in [0.3, 0.4) is 0 Å². The Kier molecular flexibility index (Phi) is 5.91. The van der Waals surface area contributed by atoms with Gasteiger partial charge >= 0.3 is 5.97 Å². The fourth-order valence-corrected chi connectivity index (χ4v) is 2.15. The summed E-state index contributed by atoms with van der Waals surface area (Å²) in [5, 5.41) is 12.3. The molecule has 0 saturated carbocycles. The third-order valence-corrected chi connectivity index (χ3v) is 3.35. The van der Waals surface area contributed by atoms with Gasteiger partial charge in [0.1, 0.15) is 0 Å². The first-order valence-corrected chi connectivity index (χ1v) is 7.12. The standard InChI is InChI=1S/C13H19NO2S/c1-10-11(13(15)16)6-5-7-12(10)14-8-3-4-9-17-2/h5-7,14H,3-4,8-9H2,1-2H3,(H,15,16). The highest BCUT2D eigenvalue weighted by Crippen LogP contribution is 2.18. The summed E-state index contributed by atoms with van der Waals surface area (Å²) in [5.41, 5.74) is 2.11. The first-order valence-electron chi connectivity index (χ1n) is 5.72. The molecule has 0 fully saturated rings. The van der Waals surface area contributed by atoms with Crippen molar-refractivity contribution in [1.82, 2.24) is 0 Å². The number of hydrogen-bond donors (Lipinski definition) is 2. The van der Waals surface area contributed by atoms with E-state index in [-0.39, 0.29) is 0 Å². The predicted octanol–water partition coefficient (Wildman–Crippen LogP) is 3.25. The maximum absolute atomic E-state index is 11.0. The first kappa shape index (κ1) is 13.9. The quantitative estimate of drug-likeness (QED) is 0.732. The Morgan fingerprint density at radius 3 is 2.82 bits per heavy atom. The van der Waals surface area contributed by atoms with Crippen LogP contribution in [0.2, 0.25) is 0 Å². The Bertz CT molecular complexity index is 380. The van der Waals surface area contributed by atoms with Gasteiger partial charge in [0.2, 0.25) is 0 Å². The summed E-state index contributed by atoms with van der Waals surface area (Å²) in [5.74, 6) is 0.309. The molecule has 0 aliphatic rings. The van der Waals surface area contributed by atoms with Crippen molar-refractivity contribution < 1.29 is 9.90 Å². The molecule has 17 heavy (non-hydrogen) atoms. The minimum atomic E-state index is -0.867. The van der Waals surface area contributed by atoms with Crippen LogP contribution in [-0.4, -0.2) is 29.6 Å². The Morgan fingerprint density at radius 1 is 1.41 bits per heavy atom. The lowest BCUT2D eigenvalue weighted by atomic mass is 10.1. The van der Waals surface area contributed by atoms with E-state index in [1.807, 2.05) is 24.8 Å². The van der Waals surface area contributed by atoms with E-state index in [0.717, 1.165) is 24.2 Å². The summed E-state index contributed by atoms with van der Waals surface area (Å²) in [6.07, 6.45) is 4.40. The molecule has 1 aromatic carbocycles. The summed E-state index contributed by atoms with van der Waals surface area (Å²) >= 11 is 1.85. The normalized spacial score (nSPS) is 10.2. The SMILES string of the molecule is CSCCCCNc1cccc(C(=O)O)c1C. The molecular formula is C13H19NO2S. The van der Waals surface area contributed by atoms with Crippen LogP contribution in [0.5, 0.6) is 0 Å². The fraction of sp³-hybridized carbons (Fsp3) is 0.462. The van der Waals surface area contributed by atoms with Gasteiger partial charge in [-0.3, -0.25) is 0 Å². The molecule has 0 aromatic heterocycles. The zero-order chi connectivity index (χ0) is 12.7. The van der Waals surface area contributed by atoms with Gasteiger partial charge in [0.15, 0.2) is 0 Å². The molecule has 0 amide bonds. The van der Waals surface area contributed by atoms with Gasteiger partial charge in [-0.2, -0.15) is 11.8 Å². The molecule has 94 valence electrons. The molecule has 2 N–H and O–H groups in total. The van der Waals surface area contributed by atoms with Gasteiger partial charge in [-0.05, 0) is 49.5 Å². The molecule has 0 aliphatic carbocycles. The van der Waals surface area contributed by atoms with Gasteiger partial charge in [0.25, 0.3) is 0 Å². The van der Waals surface area contributed by atoms with Crippen molar-refractivity contribution in [2.24, 2.45) is 0 Å². The number of rotatable bonds is 7. The maximum Gasteiger partial charge on any atom is 0.336 e. The summed E-state index contributed by atoms with van der Waals surface area (Å²) in [7, 11) is 0. The molecular weight excluding hydrogens is 234 g/mol. The second-order valence-electron chi connectivity index (χ2n) is 3.91. The average molecular weight is 253 g/mol. The average Bonchev–Trinajstić information content (AvgIpc) is 2.30. The van der Waals surface area contributed by atoms with Crippen molar-refractivity contribution in [2.75, 3.05) is 23.9 Å². The Labute approximate surface area is 107 Å². The van der Waals surface area contributed by atoms with Gasteiger partial charge in [-0.25, -0.2) is 4.79 Å². The molecule has 1 aromatic rings. The smallest absolute Gasteiger partial charge is 0.336 e. The topological polar surface area (TPSA) is 49.3 Å². The number of benzene rings is 1. The number of unbranched alkanes of at least 4 members (excludes halogenated alkanes) is 1. The van der Waals surface area contributed by atoms with Crippen molar-refractivity contribution in [3.05, 3.63) is 29.3 Å². The number of carboxylic acids is 1. The van der Waals surface area contributed by atoms with Gasteiger partial charge < -0.3 is 10.4 Å². The lowest BCUT2D eigenvalue weighted by Crippen LogP contribution is -2.07. The van der Waals surface area contributed by atoms with E-state index in [2.05, 4.69) is 11.6 Å². The number of aromatic carboxylic acids is 1. The molecule has 1 rings (SSSR count). The minimum absolute atomic E-state index is 0.374. The largest absolute Gasteiger partial charge is 0.478 e. The van der Waals surface area contributed by atoms with Gasteiger partial charge in [0.05, 0.1) is 5.56 Å². The zero-order valence-corrected chi connectivity index (χ0v) is 11.1. The monoisotopic (exact) mass is 253 g/mol. The lowest BCUT2D eigenvalue weighted by Gasteiger charge is -2.11. The second-order valence-corrected chi connectivity index (χ2v) is 4.90. The van der Waals surface area contributed by atoms with E-state index in [1.54, 1.807) is 12.1 Å². The lowest BCUT2D eigenvalue weighted by molar-refractivity contribution is 0.0696. The van der Waals surface area contributed by atoms with Crippen LogP contribution in [0, 0.1) is 6.92 Å². The van der Waals surface area contributed by atoms with Crippen LogP contribution in [-0.2, 0) is 0 Å². The highest BCUT2D eigenvalue weighted by atomic mass is 32.2. The summed E-state index contributed by atoms with van der Waals surface area (Å²) in [6, 6.07) is 5.34. The molecule has 0 aliphatic heterocycles. The number of thioether (sulfide) groups is 1. The molecule has 3 nitrogen and oxygen atoms in total. The third kappa shape index (κ3) is 4.30. The van der Waals surface area contributed by atoms with E-state index in [9.17, 15) is 4.79 Å². The molecule has 0 unspecified atom stereocenters. The second kappa shape index (κ2) is 7.22. The van der Waals surface area contributed by atoms with E-state index >= 15 is 0 Å². The van der Waals surface area contributed by atoms with Crippen LogP contribution in [0.4, 0.5) is 5.69 Å². The molecule has 0 bridgehead atoms. The first-order chi connectivity index (χ1) is 8.16. The Morgan fingerprint density at radius 2 is 2.18 bits per heavy atom. The molecule has 0 saturated heterocycles. The number of nitrogens with one attached hydrogen (secondary N) is 1. The van der Waals surface area contributed by atoms with Crippen molar-refractivity contribution in [3.8, 4) is 0 Å². The van der Waals surface area contributed by atoms with Gasteiger partial charge in [0, 0.05) is 12.2 Å².